The molecule has 1 rings (SSSR count). The molecule has 1 heterocycles. The Morgan fingerprint density at radius 1 is 1.55 bits per heavy atom. The van der Waals surface area contributed by atoms with Crippen LogP contribution in [-0.4, -0.2) is 52.1 Å². The molecule has 0 radical (unpaired) electrons. The van der Waals surface area contributed by atoms with Gasteiger partial charge in [0.25, 0.3) is 5.91 Å². The van der Waals surface area contributed by atoms with Gasteiger partial charge < -0.3 is 4.18 Å². The summed E-state index contributed by atoms with van der Waals surface area (Å²) in [4.78, 5) is 10.4. The van der Waals surface area contributed by atoms with Crippen LogP contribution in [0.5, 0.6) is 0 Å². The maximum atomic E-state index is 10.5. The van der Waals surface area contributed by atoms with Gasteiger partial charge in [0.1, 0.15) is 5.76 Å². The van der Waals surface area contributed by atoms with E-state index < -0.39 is 16.2 Å². The molecular formula is C4H5CaNO4S+2. The van der Waals surface area contributed by atoms with Crippen molar-refractivity contribution in [2.24, 2.45) is 0 Å². The van der Waals surface area contributed by atoms with E-state index in [9.17, 15) is 13.2 Å². The predicted molar refractivity (Wildman–Crippen MR) is 37.7 cm³/mol. The second-order valence-electron chi connectivity index (χ2n) is 1.76. The van der Waals surface area contributed by atoms with Crippen molar-refractivity contribution >= 4 is 53.9 Å². The molecule has 5 nitrogen and oxygen atoms in total. The van der Waals surface area contributed by atoms with E-state index in [-0.39, 0.29) is 43.5 Å². The summed E-state index contributed by atoms with van der Waals surface area (Å²) in [6.07, 6.45) is 1.06. The minimum absolute atomic E-state index is 0. The maximum Gasteiger partial charge on any atom is 2.00 e. The van der Waals surface area contributed by atoms with Crippen molar-refractivity contribution in [2.75, 3.05) is 0 Å². The largest absolute Gasteiger partial charge is 2.00 e. The third kappa shape index (κ3) is 3.41. The molecule has 11 heavy (non-hydrogen) atoms. The van der Waals surface area contributed by atoms with Gasteiger partial charge in [-0.25, -0.2) is 4.72 Å². The average molecular weight is 203 g/mol. The van der Waals surface area contributed by atoms with Gasteiger partial charge >= 0.3 is 48.0 Å². The zero-order valence-corrected chi connectivity index (χ0v) is 8.85. The molecule has 56 valence electrons. The predicted octanol–water partition coefficient (Wildman–Crippen LogP) is -1.10. The molecule has 0 saturated heterocycles. The smallest absolute Gasteiger partial charge is 0.371 e. The fraction of sp³-hybridized carbons (Fsp3) is 0.250. The molecule has 1 aliphatic rings. The summed E-state index contributed by atoms with van der Waals surface area (Å²) in [5.41, 5.74) is 0. The molecule has 0 aromatic rings. The summed E-state index contributed by atoms with van der Waals surface area (Å²) in [7, 11) is -3.85. The first-order valence-corrected chi connectivity index (χ1v) is 3.85. The van der Waals surface area contributed by atoms with E-state index in [1.807, 2.05) is 0 Å². The van der Waals surface area contributed by atoms with E-state index in [1.54, 1.807) is 4.72 Å². The van der Waals surface area contributed by atoms with Crippen LogP contribution in [0.1, 0.15) is 6.92 Å². The molecule has 1 amide bonds. The van der Waals surface area contributed by atoms with E-state index in [0.29, 0.717) is 0 Å². The van der Waals surface area contributed by atoms with Crippen molar-refractivity contribution in [3.05, 3.63) is 11.8 Å². The molecule has 1 N–H and O–H groups in total. The summed E-state index contributed by atoms with van der Waals surface area (Å²) < 4.78 is 26.8. The molecule has 7 heteroatoms. The Hall–Kier alpha value is 0.220. The number of nitrogens with one attached hydrogen (secondary N) is 1. The number of allylic oxidation sites excluding steroid dienone is 1. The van der Waals surface area contributed by atoms with Gasteiger partial charge in [0.15, 0.2) is 0 Å². The van der Waals surface area contributed by atoms with Crippen LogP contribution >= 0.6 is 0 Å². The van der Waals surface area contributed by atoms with Crippen LogP contribution in [0.15, 0.2) is 11.8 Å². The normalized spacial score (nSPS) is 20.5. The van der Waals surface area contributed by atoms with E-state index in [4.69, 9.17) is 0 Å². The van der Waals surface area contributed by atoms with Gasteiger partial charge in [-0.05, 0) is 6.92 Å². The molecule has 0 saturated carbocycles. The van der Waals surface area contributed by atoms with Gasteiger partial charge in [-0.1, -0.05) is 0 Å². The SMILES string of the molecule is CC1=CC(=O)NS(=O)(=O)O1.[Ca+2]. The summed E-state index contributed by atoms with van der Waals surface area (Å²) in [5.74, 6) is -0.604. The maximum absolute atomic E-state index is 10.5. The Labute approximate surface area is 94.0 Å². The van der Waals surface area contributed by atoms with Gasteiger partial charge in [0.05, 0.1) is 0 Å². The van der Waals surface area contributed by atoms with Crippen LogP contribution < -0.4 is 4.72 Å². The molecule has 0 unspecified atom stereocenters. The number of hydrogen-bond donors (Lipinski definition) is 1. The van der Waals surface area contributed by atoms with Gasteiger partial charge in [0, 0.05) is 6.08 Å². The number of carbonyl (C=O) groups is 1. The summed E-state index contributed by atoms with van der Waals surface area (Å²) >= 11 is 0. The van der Waals surface area contributed by atoms with E-state index >= 15 is 0 Å². The minimum atomic E-state index is -3.85. The fourth-order valence-corrected chi connectivity index (χ4v) is 1.30. The number of amides is 1. The standard InChI is InChI=1S/C4H5NO4S.Ca/c1-3-2-4(6)5-10(7,8)9-3;/h2H,1H3,(H,5,6);/q;+2. The van der Waals surface area contributed by atoms with Gasteiger partial charge in [0.2, 0.25) is 0 Å². The van der Waals surface area contributed by atoms with Gasteiger partial charge in [-0.3, -0.25) is 4.79 Å². The Balaban J connectivity index is 0.000001000. The number of carbonyl (C=O) groups excluding carboxylic acids is 1. The van der Waals surface area contributed by atoms with E-state index in [0.717, 1.165) is 6.08 Å². The summed E-state index contributed by atoms with van der Waals surface area (Å²) in [5, 5.41) is 0. The second kappa shape index (κ2) is 3.75. The Morgan fingerprint density at radius 2 is 2.09 bits per heavy atom. The number of hydrogen-bond acceptors (Lipinski definition) is 4. The van der Waals surface area contributed by atoms with Crippen molar-refractivity contribution in [1.82, 2.24) is 4.72 Å². The zero-order chi connectivity index (χ0) is 7.78. The van der Waals surface area contributed by atoms with Gasteiger partial charge in [-0.2, -0.15) is 8.42 Å². The summed E-state index contributed by atoms with van der Waals surface area (Å²) in [6.45, 7) is 1.39. The Kier molecular flexibility index (Phi) is 3.83. The second-order valence-corrected chi connectivity index (χ2v) is 3.04. The minimum Gasteiger partial charge on any atom is -0.371 e. The average Bonchev–Trinajstić information content (AvgIpc) is 1.54. The van der Waals surface area contributed by atoms with Crippen molar-refractivity contribution in [3.63, 3.8) is 0 Å². The third-order valence-corrected chi connectivity index (χ3v) is 1.73. The van der Waals surface area contributed by atoms with Crippen LogP contribution in [0.2, 0.25) is 0 Å². The topological polar surface area (TPSA) is 72.5 Å². The van der Waals surface area contributed by atoms with Crippen LogP contribution in [0.25, 0.3) is 0 Å². The molecule has 0 atom stereocenters. The van der Waals surface area contributed by atoms with Crippen LogP contribution in [0, 0.1) is 0 Å². The molecule has 0 aromatic heterocycles. The Morgan fingerprint density at radius 3 is 2.45 bits per heavy atom. The number of rotatable bonds is 0. The third-order valence-electron chi connectivity index (χ3n) is 0.801. The molecule has 0 aromatic carbocycles. The molecule has 0 bridgehead atoms. The summed E-state index contributed by atoms with van der Waals surface area (Å²) in [6, 6.07) is 0. The molecule has 1 aliphatic heterocycles. The first kappa shape index (κ1) is 11.2. The monoisotopic (exact) mass is 203 g/mol. The van der Waals surface area contributed by atoms with Crippen molar-refractivity contribution in [3.8, 4) is 0 Å². The Bertz CT molecular complexity index is 293. The van der Waals surface area contributed by atoms with Crippen molar-refractivity contribution in [2.45, 2.75) is 6.92 Å². The molecule has 0 spiro atoms. The first-order valence-electron chi connectivity index (χ1n) is 2.44. The van der Waals surface area contributed by atoms with Crippen molar-refractivity contribution < 1.29 is 17.4 Å². The molecular weight excluding hydrogens is 198 g/mol. The molecule has 0 aliphatic carbocycles. The van der Waals surface area contributed by atoms with Crippen molar-refractivity contribution in [1.29, 1.82) is 0 Å². The van der Waals surface area contributed by atoms with E-state index in [1.165, 1.54) is 6.92 Å². The van der Waals surface area contributed by atoms with Crippen LogP contribution in [0.4, 0.5) is 0 Å². The first-order chi connectivity index (χ1) is 4.49. The van der Waals surface area contributed by atoms with E-state index in [2.05, 4.69) is 4.18 Å². The quantitative estimate of drug-likeness (QED) is 0.507. The zero-order valence-electron chi connectivity index (χ0n) is 5.83. The van der Waals surface area contributed by atoms with Crippen LogP contribution in [0.3, 0.4) is 0 Å². The fourth-order valence-electron chi connectivity index (χ4n) is 0.555. The van der Waals surface area contributed by atoms with Crippen LogP contribution in [-0.2, 0) is 19.3 Å². The van der Waals surface area contributed by atoms with Gasteiger partial charge in [-0.15, -0.1) is 0 Å². The molecule has 0 fully saturated rings.